The van der Waals surface area contributed by atoms with Crippen molar-refractivity contribution in [3.05, 3.63) is 34.6 Å². The standard InChI is InChI=1S/C13H16ClN3O/c1-7(2)11(15)12-16-13(18-17-12)9-5-4-8(3)6-10(9)14/h4-7,11H,15H2,1-3H3. The molecule has 0 amide bonds. The van der Waals surface area contributed by atoms with E-state index in [9.17, 15) is 0 Å². The monoisotopic (exact) mass is 265 g/mol. The zero-order valence-corrected chi connectivity index (χ0v) is 11.4. The molecule has 1 atom stereocenters. The third-order valence-electron chi connectivity index (χ3n) is 2.81. The molecule has 2 rings (SSSR count). The van der Waals surface area contributed by atoms with Crippen LogP contribution in [-0.2, 0) is 0 Å². The second kappa shape index (κ2) is 5.08. The Hall–Kier alpha value is -1.39. The van der Waals surface area contributed by atoms with Crippen molar-refractivity contribution in [3.63, 3.8) is 0 Å². The molecule has 96 valence electrons. The number of benzene rings is 1. The number of aromatic nitrogens is 2. The van der Waals surface area contributed by atoms with E-state index in [0.717, 1.165) is 11.1 Å². The van der Waals surface area contributed by atoms with Crippen molar-refractivity contribution in [1.82, 2.24) is 10.1 Å². The molecule has 0 bridgehead atoms. The molecule has 0 aliphatic carbocycles. The molecule has 0 fully saturated rings. The smallest absolute Gasteiger partial charge is 0.259 e. The molecular weight excluding hydrogens is 250 g/mol. The highest BCUT2D eigenvalue weighted by Crippen LogP contribution is 2.28. The molecular formula is C13H16ClN3O. The van der Waals surface area contributed by atoms with Crippen molar-refractivity contribution in [2.24, 2.45) is 11.7 Å². The van der Waals surface area contributed by atoms with Crippen LogP contribution in [0.15, 0.2) is 22.7 Å². The Balaban J connectivity index is 2.35. The number of hydrogen-bond acceptors (Lipinski definition) is 4. The predicted molar refractivity (Wildman–Crippen MR) is 71.2 cm³/mol. The summed E-state index contributed by atoms with van der Waals surface area (Å²) >= 11 is 6.16. The molecule has 1 aromatic heterocycles. The molecule has 0 aliphatic rings. The van der Waals surface area contributed by atoms with Gasteiger partial charge >= 0.3 is 0 Å². The molecule has 0 radical (unpaired) electrons. The number of nitrogens with zero attached hydrogens (tertiary/aromatic N) is 2. The SMILES string of the molecule is Cc1ccc(-c2nc(C(N)C(C)C)no2)c(Cl)c1. The van der Waals surface area contributed by atoms with E-state index in [1.165, 1.54) is 0 Å². The first-order valence-corrected chi connectivity index (χ1v) is 6.22. The van der Waals surface area contributed by atoms with E-state index < -0.39 is 0 Å². The highest BCUT2D eigenvalue weighted by molar-refractivity contribution is 6.33. The molecule has 0 saturated carbocycles. The topological polar surface area (TPSA) is 64.9 Å². The number of hydrogen-bond donors (Lipinski definition) is 1. The first-order valence-electron chi connectivity index (χ1n) is 5.84. The highest BCUT2D eigenvalue weighted by atomic mass is 35.5. The lowest BCUT2D eigenvalue weighted by Gasteiger charge is -2.09. The Morgan fingerprint density at radius 1 is 1.33 bits per heavy atom. The Morgan fingerprint density at radius 3 is 2.67 bits per heavy atom. The largest absolute Gasteiger partial charge is 0.334 e. The lowest BCUT2D eigenvalue weighted by molar-refractivity contribution is 0.400. The van der Waals surface area contributed by atoms with Crippen molar-refractivity contribution < 1.29 is 4.52 Å². The van der Waals surface area contributed by atoms with Crippen LogP contribution < -0.4 is 5.73 Å². The molecule has 1 unspecified atom stereocenters. The first kappa shape index (κ1) is 13.1. The maximum atomic E-state index is 6.16. The zero-order valence-electron chi connectivity index (χ0n) is 10.6. The van der Waals surface area contributed by atoms with Crippen LogP contribution in [-0.4, -0.2) is 10.1 Å². The van der Waals surface area contributed by atoms with Crippen LogP contribution in [0.2, 0.25) is 5.02 Å². The van der Waals surface area contributed by atoms with Crippen molar-refractivity contribution in [1.29, 1.82) is 0 Å². The average molecular weight is 266 g/mol. The molecule has 2 aromatic rings. The number of aryl methyl sites for hydroxylation is 1. The molecule has 1 aromatic carbocycles. The summed E-state index contributed by atoms with van der Waals surface area (Å²) in [5.74, 6) is 1.17. The fourth-order valence-corrected chi connectivity index (χ4v) is 1.89. The Morgan fingerprint density at radius 2 is 2.06 bits per heavy atom. The summed E-state index contributed by atoms with van der Waals surface area (Å²) < 4.78 is 5.22. The van der Waals surface area contributed by atoms with Crippen LogP contribution in [0.25, 0.3) is 11.5 Å². The van der Waals surface area contributed by atoms with Gasteiger partial charge in [-0.2, -0.15) is 4.98 Å². The van der Waals surface area contributed by atoms with Crippen LogP contribution in [0.3, 0.4) is 0 Å². The molecule has 18 heavy (non-hydrogen) atoms. The second-order valence-electron chi connectivity index (χ2n) is 4.71. The molecule has 0 spiro atoms. The van der Waals surface area contributed by atoms with Crippen LogP contribution >= 0.6 is 11.6 Å². The van der Waals surface area contributed by atoms with Crippen LogP contribution in [0.5, 0.6) is 0 Å². The summed E-state index contributed by atoms with van der Waals surface area (Å²) in [6.07, 6.45) is 0. The van der Waals surface area contributed by atoms with Gasteiger partial charge in [-0.05, 0) is 30.5 Å². The van der Waals surface area contributed by atoms with Gasteiger partial charge in [0.1, 0.15) is 0 Å². The maximum absolute atomic E-state index is 6.16. The predicted octanol–water partition coefficient (Wildman–Crippen LogP) is 3.35. The lowest BCUT2D eigenvalue weighted by atomic mass is 10.1. The third-order valence-corrected chi connectivity index (χ3v) is 3.13. The van der Waals surface area contributed by atoms with Gasteiger partial charge in [0, 0.05) is 0 Å². The van der Waals surface area contributed by atoms with Crippen LogP contribution in [0, 0.1) is 12.8 Å². The van der Waals surface area contributed by atoms with Gasteiger partial charge in [0.2, 0.25) is 0 Å². The van der Waals surface area contributed by atoms with Crippen molar-refractivity contribution in [2.45, 2.75) is 26.8 Å². The van der Waals surface area contributed by atoms with E-state index in [-0.39, 0.29) is 12.0 Å². The summed E-state index contributed by atoms with van der Waals surface area (Å²) in [4.78, 5) is 4.30. The summed E-state index contributed by atoms with van der Waals surface area (Å²) in [5.41, 5.74) is 7.79. The van der Waals surface area contributed by atoms with Gasteiger partial charge in [0.25, 0.3) is 5.89 Å². The summed E-state index contributed by atoms with van der Waals surface area (Å²) in [7, 11) is 0. The summed E-state index contributed by atoms with van der Waals surface area (Å²) in [6.45, 7) is 6.00. The highest BCUT2D eigenvalue weighted by Gasteiger charge is 2.19. The van der Waals surface area contributed by atoms with Crippen LogP contribution in [0.4, 0.5) is 0 Å². The molecule has 2 N–H and O–H groups in total. The maximum Gasteiger partial charge on any atom is 0.259 e. The van der Waals surface area contributed by atoms with E-state index in [0.29, 0.717) is 16.7 Å². The minimum absolute atomic E-state index is 0.230. The molecule has 5 heteroatoms. The normalized spacial score (nSPS) is 13.0. The fraction of sp³-hybridized carbons (Fsp3) is 0.385. The Bertz CT molecular complexity index is 551. The molecule has 0 saturated heterocycles. The van der Waals surface area contributed by atoms with Crippen molar-refractivity contribution in [3.8, 4) is 11.5 Å². The van der Waals surface area contributed by atoms with Crippen molar-refractivity contribution >= 4 is 11.6 Å². The van der Waals surface area contributed by atoms with Crippen molar-refractivity contribution in [2.75, 3.05) is 0 Å². The number of rotatable bonds is 3. The first-order chi connectivity index (χ1) is 8.49. The van der Waals surface area contributed by atoms with Crippen LogP contribution in [0.1, 0.15) is 31.3 Å². The van der Waals surface area contributed by atoms with Gasteiger partial charge in [-0.15, -0.1) is 0 Å². The minimum Gasteiger partial charge on any atom is -0.334 e. The van der Waals surface area contributed by atoms with E-state index >= 15 is 0 Å². The summed E-state index contributed by atoms with van der Waals surface area (Å²) in [6, 6.07) is 5.46. The third kappa shape index (κ3) is 2.54. The van der Waals surface area contributed by atoms with E-state index in [2.05, 4.69) is 10.1 Å². The molecule has 1 heterocycles. The Labute approximate surface area is 111 Å². The zero-order chi connectivity index (χ0) is 13.3. The van der Waals surface area contributed by atoms with Gasteiger partial charge < -0.3 is 10.3 Å². The fourth-order valence-electron chi connectivity index (χ4n) is 1.57. The second-order valence-corrected chi connectivity index (χ2v) is 5.12. The minimum atomic E-state index is -0.230. The van der Waals surface area contributed by atoms with Gasteiger partial charge in [0.05, 0.1) is 16.6 Å². The quantitative estimate of drug-likeness (QED) is 0.924. The number of halogens is 1. The summed E-state index contributed by atoms with van der Waals surface area (Å²) in [5, 5.41) is 4.51. The average Bonchev–Trinajstić information content (AvgIpc) is 2.77. The van der Waals surface area contributed by atoms with E-state index in [1.54, 1.807) is 0 Å². The van der Waals surface area contributed by atoms with Gasteiger partial charge in [-0.3, -0.25) is 0 Å². The van der Waals surface area contributed by atoms with E-state index in [4.69, 9.17) is 21.9 Å². The van der Waals surface area contributed by atoms with Gasteiger partial charge in [-0.1, -0.05) is 36.7 Å². The van der Waals surface area contributed by atoms with Gasteiger partial charge in [-0.25, -0.2) is 0 Å². The van der Waals surface area contributed by atoms with E-state index in [1.807, 2.05) is 39.0 Å². The molecule has 0 aliphatic heterocycles. The lowest BCUT2D eigenvalue weighted by Crippen LogP contribution is -2.18. The van der Waals surface area contributed by atoms with Gasteiger partial charge in [0.15, 0.2) is 5.82 Å². The molecule has 4 nitrogen and oxygen atoms in total. The number of nitrogens with two attached hydrogens (primary N) is 1. The Kier molecular flexibility index (Phi) is 3.68.